The zero-order valence-corrected chi connectivity index (χ0v) is 11.6. The highest BCUT2D eigenvalue weighted by molar-refractivity contribution is 5.96. The molecule has 1 saturated heterocycles. The van der Waals surface area contributed by atoms with Crippen LogP contribution in [0.4, 0.5) is 5.69 Å². The Morgan fingerprint density at radius 1 is 1.37 bits per heavy atom. The first-order valence-electron chi connectivity index (χ1n) is 6.43. The summed E-state index contributed by atoms with van der Waals surface area (Å²) in [6.45, 7) is 2.80. The Morgan fingerprint density at radius 3 is 2.74 bits per heavy atom. The number of hydrogen-bond acceptors (Lipinski definition) is 4. The first kappa shape index (κ1) is 13.7. The van der Waals surface area contributed by atoms with Crippen LogP contribution in [-0.4, -0.2) is 32.7 Å². The van der Waals surface area contributed by atoms with Gasteiger partial charge in [-0.25, -0.2) is 0 Å². The van der Waals surface area contributed by atoms with E-state index in [4.69, 9.17) is 9.47 Å². The van der Waals surface area contributed by atoms with E-state index in [0.717, 1.165) is 30.7 Å². The molecule has 0 aliphatic carbocycles. The molecule has 1 fully saturated rings. The van der Waals surface area contributed by atoms with Crippen molar-refractivity contribution >= 4 is 11.6 Å². The smallest absolute Gasteiger partial charge is 0.241 e. The average molecular weight is 264 g/mol. The minimum absolute atomic E-state index is 0.0135. The van der Waals surface area contributed by atoms with E-state index < -0.39 is 0 Å². The van der Waals surface area contributed by atoms with Gasteiger partial charge in [0.1, 0.15) is 11.5 Å². The zero-order chi connectivity index (χ0) is 13.8. The predicted molar refractivity (Wildman–Crippen MR) is 73.9 cm³/mol. The van der Waals surface area contributed by atoms with Gasteiger partial charge in [-0.2, -0.15) is 0 Å². The molecular formula is C14H20N2O3. The third-order valence-corrected chi connectivity index (χ3v) is 3.41. The fourth-order valence-corrected chi connectivity index (χ4v) is 2.38. The number of carbonyl (C=O) groups excluding carboxylic acids is 1. The number of benzene rings is 1. The number of amides is 1. The molecule has 1 unspecified atom stereocenters. The lowest BCUT2D eigenvalue weighted by atomic mass is 10.1. The summed E-state index contributed by atoms with van der Waals surface area (Å²) >= 11 is 0. The van der Waals surface area contributed by atoms with Gasteiger partial charge in [0.05, 0.1) is 25.9 Å². The van der Waals surface area contributed by atoms with Gasteiger partial charge in [-0.15, -0.1) is 0 Å². The number of nitrogens with one attached hydrogen (secondary N) is 2. The third kappa shape index (κ3) is 2.81. The molecule has 0 saturated carbocycles. The average Bonchev–Trinajstić information content (AvgIpc) is 2.93. The van der Waals surface area contributed by atoms with Crippen LogP contribution < -0.4 is 20.1 Å². The van der Waals surface area contributed by atoms with Crippen molar-refractivity contribution in [2.75, 3.05) is 26.1 Å². The summed E-state index contributed by atoms with van der Waals surface area (Å²) in [5.41, 5.74) is 1.56. The van der Waals surface area contributed by atoms with E-state index in [9.17, 15) is 4.79 Å². The molecule has 1 aromatic carbocycles. The van der Waals surface area contributed by atoms with Crippen LogP contribution in [0.25, 0.3) is 0 Å². The summed E-state index contributed by atoms with van der Waals surface area (Å²) < 4.78 is 10.6. The molecular weight excluding hydrogens is 244 g/mol. The molecule has 1 aliphatic heterocycles. The minimum atomic E-state index is -0.105. The van der Waals surface area contributed by atoms with Gasteiger partial charge in [0, 0.05) is 5.56 Å². The van der Waals surface area contributed by atoms with Crippen molar-refractivity contribution in [1.82, 2.24) is 5.32 Å². The van der Waals surface area contributed by atoms with Crippen LogP contribution in [0.15, 0.2) is 12.1 Å². The molecule has 104 valence electrons. The van der Waals surface area contributed by atoms with Crippen molar-refractivity contribution in [1.29, 1.82) is 0 Å². The molecule has 1 aromatic rings. The maximum atomic E-state index is 12.1. The van der Waals surface area contributed by atoms with E-state index in [0.29, 0.717) is 11.4 Å². The Morgan fingerprint density at radius 2 is 2.16 bits per heavy atom. The highest BCUT2D eigenvalue weighted by Gasteiger charge is 2.23. The first-order valence-corrected chi connectivity index (χ1v) is 6.43. The Labute approximate surface area is 113 Å². The minimum Gasteiger partial charge on any atom is -0.496 e. The molecule has 0 radical (unpaired) electrons. The second kappa shape index (κ2) is 5.93. The maximum Gasteiger partial charge on any atom is 0.241 e. The van der Waals surface area contributed by atoms with Gasteiger partial charge in [0.15, 0.2) is 0 Å². The second-order valence-corrected chi connectivity index (χ2v) is 4.61. The van der Waals surface area contributed by atoms with Crippen LogP contribution in [0.5, 0.6) is 11.5 Å². The van der Waals surface area contributed by atoms with Gasteiger partial charge < -0.3 is 20.1 Å². The van der Waals surface area contributed by atoms with Crippen LogP contribution in [0.2, 0.25) is 0 Å². The van der Waals surface area contributed by atoms with E-state index in [1.54, 1.807) is 20.3 Å². The largest absolute Gasteiger partial charge is 0.496 e. The molecule has 0 spiro atoms. The Kier molecular flexibility index (Phi) is 4.27. The van der Waals surface area contributed by atoms with Crippen molar-refractivity contribution in [3.8, 4) is 11.5 Å². The highest BCUT2D eigenvalue weighted by atomic mass is 16.5. The molecule has 1 atom stereocenters. The SMILES string of the molecule is COc1ccc(NC(=O)C2CCCN2)c(OC)c1C. The topological polar surface area (TPSA) is 59.6 Å². The van der Waals surface area contributed by atoms with Gasteiger partial charge >= 0.3 is 0 Å². The van der Waals surface area contributed by atoms with E-state index in [1.165, 1.54) is 0 Å². The standard InChI is InChI=1S/C14H20N2O3/c1-9-12(18-2)7-6-10(13(9)19-3)16-14(17)11-5-4-8-15-11/h6-7,11,15H,4-5,8H2,1-3H3,(H,16,17). The normalized spacial score (nSPS) is 18.2. The van der Waals surface area contributed by atoms with Gasteiger partial charge in [0.2, 0.25) is 5.91 Å². The van der Waals surface area contributed by atoms with Crippen LogP contribution in [-0.2, 0) is 4.79 Å². The number of carbonyl (C=O) groups is 1. The third-order valence-electron chi connectivity index (χ3n) is 3.41. The number of anilines is 1. The molecule has 0 aromatic heterocycles. The summed E-state index contributed by atoms with van der Waals surface area (Å²) in [6.07, 6.45) is 1.92. The zero-order valence-electron chi connectivity index (χ0n) is 11.6. The maximum absolute atomic E-state index is 12.1. The lowest BCUT2D eigenvalue weighted by Crippen LogP contribution is -2.35. The van der Waals surface area contributed by atoms with Crippen molar-refractivity contribution in [3.05, 3.63) is 17.7 Å². The summed E-state index contributed by atoms with van der Waals surface area (Å²) in [6, 6.07) is 3.53. The van der Waals surface area contributed by atoms with Crippen molar-refractivity contribution in [3.63, 3.8) is 0 Å². The quantitative estimate of drug-likeness (QED) is 0.869. The number of rotatable bonds is 4. The Hall–Kier alpha value is -1.75. The molecule has 0 bridgehead atoms. The highest BCUT2D eigenvalue weighted by Crippen LogP contribution is 2.35. The van der Waals surface area contributed by atoms with Gasteiger partial charge in [-0.3, -0.25) is 4.79 Å². The first-order chi connectivity index (χ1) is 9.17. The van der Waals surface area contributed by atoms with Crippen molar-refractivity contribution in [2.45, 2.75) is 25.8 Å². The fourth-order valence-electron chi connectivity index (χ4n) is 2.38. The summed E-state index contributed by atoms with van der Waals surface area (Å²) in [5, 5.41) is 6.09. The number of hydrogen-bond donors (Lipinski definition) is 2. The van der Waals surface area contributed by atoms with E-state index >= 15 is 0 Å². The van der Waals surface area contributed by atoms with Gasteiger partial charge in [-0.05, 0) is 38.4 Å². The van der Waals surface area contributed by atoms with E-state index in [2.05, 4.69) is 10.6 Å². The Bertz CT molecular complexity index is 468. The van der Waals surface area contributed by atoms with Gasteiger partial charge in [-0.1, -0.05) is 0 Å². The fraction of sp³-hybridized carbons (Fsp3) is 0.500. The number of methoxy groups -OCH3 is 2. The van der Waals surface area contributed by atoms with Crippen LogP contribution in [0, 0.1) is 6.92 Å². The van der Waals surface area contributed by atoms with Crippen LogP contribution in [0.3, 0.4) is 0 Å². The lowest BCUT2D eigenvalue weighted by Gasteiger charge is -2.17. The van der Waals surface area contributed by atoms with E-state index in [1.807, 2.05) is 13.0 Å². The van der Waals surface area contributed by atoms with E-state index in [-0.39, 0.29) is 11.9 Å². The molecule has 5 nitrogen and oxygen atoms in total. The molecule has 1 amide bonds. The molecule has 1 aliphatic rings. The Balaban J connectivity index is 2.19. The predicted octanol–water partition coefficient (Wildman–Crippen LogP) is 1.70. The molecule has 1 heterocycles. The molecule has 19 heavy (non-hydrogen) atoms. The summed E-state index contributed by atoms with van der Waals surface area (Å²) in [7, 11) is 3.20. The van der Waals surface area contributed by atoms with Crippen LogP contribution >= 0.6 is 0 Å². The molecule has 5 heteroatoms. The van der Waals surface area contributed by atoms with Gasteiger partial charge in [0.25, 0.3) is 0 Å². The summed E-state index contributed by atoms with van der Waals surface area (Å²) in [5.74, 6) is 1.37. The number of ether oxygens (including phenoxy) is 2. The molecule has 2 rings (SSSR count). The second-order valence-electron chi connectivity index (χ2n) is 4.61. The molecule has 2 N–H and O–H groups in total. The summed E-state index contributed by atoms with van der Waals surface area (Å²) in [4.78, 5) is 12.1. The van der Waals surface area contributed by atoms with Crippen molar-refractivity contribution in [2.24, 2.45) is 0 Å². The monoisotopic (exact) mass is 264 g/mol. The lowest BCUT2D eigenvalue weighted by molar-refractivity contribution is -0.117. The van der Waals surface area contributed by atoms with Crippen LogP contribution in [0.1, 0.15) is 18.4 Å². The van der Waals surface area contributed by atoms with Crippen molar-refractivity contribution < 1.29 is 14.3 Å².